The first-order valence-electron chi connectivity index (χ1n) is 7.89. The van der Waals surface area contributed by atoms with E-state index in [-0.39, 0.29) is 35.7 Å². The third kappa shape index (κ3) is 3.84. The van der Waals surface area contributed by atoms with Gasteiger partial charge in [-0.15, -0.1) is 0 Å². The van der Waals surface area contributed by atoms with Crippen molar-refractivity contribution in [2.24, 2.45) is 0 Å². The maximum absolute atomic E-state index is 13.7. The first-order chi connectivity index (χ1) is 12.1. The summed E-state index contributed by atoms with van der Waals surface area (Å²) in [4.78, 5) is 7.90. The molecule has 1 aliphatic rings. The van der Waals surface area contributed by atoms with Gasteiger partial charge in [0.05, 0.1) is 25.0 Å². The molecular formula is C17H18FN5O2. The lowest BCUT2D eigenvalue weighted by Gasteiger charge is -2.14. The van der Waals surface area contributed by atoms with Gasteiger partial charge in [-0.25, -0.2) is 9.37 Å². The van der Waals surface area contributed by atoms with E-state index in [4.69, 9.17) is 20.9 Å². The van der Waals surface area contributed by atoms with Crippen LogP contribution in [0.1, 0.15) is 24.0 Å². The van der Waals surface area contributed by atoms with Gasteiger partial charge in [0.15, 0.2) is 0 Å². The van der Waals surface area contributed by atoms with E-state index in [1.807, 2.05) is 6.07 Å². The fourth-order valence-corrected chi connectivity index (χ4v) is 2.79. The number of benzene rings is 1. The van der Waals surface area contributed by atoms with Crippen molar-refractivity contribution in [3.63, 3.8) is 0 Å². The van der Waals surface area contributed by atoms with E-state index in [1.165, 1.54) is 18.2 Å². The van der Waals surface area contributed by atoms with E-state index in [2.05, 4.69) is 9.97 Å². The largest absolute Gasteiger partial charge is 0.382 e. The van der Waals surface area contributed by atoms with E-state index in [1.54, 1.807) is 0 Å². The Hall–Kier alpha value is -2.76. The van der Waals surface area contributed by atoms with Crippen molar-refractivity contribution in [1.29, 1.82) is 5.26 Å². The van der Waals surface area contributed by atoms with E-state index < -0.39 is 5.82 Å². The van der Waals surface area contributed by atoms with Crippen LogP contribution in [-0.4, -0.2) is 29.3 Å². The molecule has 1 fully saturated rings. The van der Waals surface area contributed by atoms with Gasteiger partial charge in [-0.05, 0) is 36.6 Å². The molecule has 0 aliphatic carbocycles. The zero-order valence-corrected chi connectivity index (χ0v) is 13.5. The number of anilines is 2. The normalized spacial score (nSPS) is 16.7. The number of hydrogen-bond donors (Lipinski definition) is 2. The molecule has 1 aromatic carbocycles. The second-order valence-electron chi connectivity index (χ2n) is 5.75. The molecule has 1 aliphatic heterocycles. The zero-order valence-electron chi connectivity index (χ0n) is 13.5. The van der Waals surface area contributed by atoms with Crippen molar-refractivity contribution in [2.75, 3.05) is 24.7 Å². The predicted molar refractivity (Wildman–Crippen MR) is 89.6 cm³/mol. The highest BCUT2D eigenvalue weighted by atomic mass is 19.1. The minimum absolute atomic E-state index is 0.0134. The van der Waals surface area contributed by atoms with Gasteiger partial charge in [0, 0.05) is 12.2 Å². The summed E-state index contributed by atoms with van der Waals surface area (Å²) in [5.74, 6) is -0.476. The Balaban J connectivity index is 1.90. The first kappa shape index (κ1) is 17.1. The van der Waals surface area contributed by atoms with Crippen molar-refractivity contribution in [3.8, 4) is 17.3 Å². The summed E-state index contributed by atoms with van der Waals surface area (Å²) in [6, 6.07) is 6.14. The summed E-state index contributed by atoms with van der Waals surface area (Å²) in [7, 11) is 0. The molecule has 1 unspecified atom stereocenters. The van der Waals surface area contributed by atoms with Gasteiger partial charge in [-0.1, -0.05) is 0 Å². The fourth-order valence-electron chi connectivity index (χ4n) is 2.79. The molecule has 2 heterocycles. The van der Waals surface area contributed by atoms with Gasteiger partial charge in [-0.2, -0.15) is 10.2 Å². The monoisotopic (exact) mass is 343 g/mol. The number of nitrogens with zero attached hydrogens (tertiary/aromatic N) is 3. The van der Waals surface area contributed by atoms with E-state index in [9.17, 15) is 9.65 Å². The average molecular weight is 343 g/mol. The highest BCUT2D eigenvalue weighted by Crippen LogP contribution is 2.29. The second-order valence-corrected chi connectivity index (χ2v) is 5.75. The Labute approximate surface area is 144 Å². The van der Waals surface area contributed by atoms with Gasteiger partial charge < -0.3 is 20.9 Å². The van der Waals surface area contributed by atoms with Gasteiger partial charge in [0.2, 0.25) is 5.95 Å². The summed E-state index contributed by atoms with van der Waals surface area (Å²) in [6.07, 6.45) is 2.04. The summed E-state index contributed by atoms with van der Waals surface area (Å²) in [5.41, 5.74) is 12.9. The number of aromatic nitrogens is 2. The molecule has 0 spiro atoms. The molecule has 0 saturated carbocycles. The molecule has 7 nitrogen and oxygen atoms in total. The van der Waals surface area contributed by atoms with Crippen LogP contribution in [0.3, 0.4) is 0 Å². The Kier molecular flexibility index (Phi) is 5.07. The molecule has 130 valence electrons. The summed E-state index contributed by atoms with van der Waals surface area (Å²) < 4.78 is 24.9. The maximum atomic E-state index is 13.7. The molecule has 8 heteroatoms. The standard InChI is InChI=1S/C17H18FN5O2/c18-11-3-4-13(15-14(7-19)16(20)23-17(21)22-15)10(6-11)8-24-9-12-2-1-5-25-12/h3-4,6,12H,1-2,5,8-9H2,(H4,20,21,22,23). The summed E-state index contributed by atoms with van der Waals surface area (Å²) in [5, 5.41) is 9.34. The van der Waals surface area contributed by atoms with Crippen LogP contribution in [-0.2, 0) is 16.1 Å². The minimum Gasteiger partial charge on any atom is -0.382 e. The SMILES string of the molecule is N#Cc1c(N)nc(N)nc1-c1ccc(F)cc1COCC1CCCO1. The molecule has 1 atom stereocenters. The number of ether oxygens (including phenoxy) is 2. The fraction of sp³-hybridized carbons (Fsp3) is 0.353. The number of hydrogen-bond acceptors (Lipinski definition) is 7. The quantitative estimate of drug-likeness (QED) is 0.852. The Bertz CT molecular complexity index is 815. The Morgan fingerprint density at radius 3 is 2.92 bits per heavy atom. The minimum atomic E-state index is -0.409. The van der Waals surface area contributed by atoms with Gasteiger partial charge in [0.1, 0.15) is 23.3 Å². The molecule has 3 rings (SSSR count). The molecule has 0 radical (unpaired) electrons. The lowest BCUT2D eigenvalue weighted by molar-refractivity contribution is 0.0106. The van der Waals surface area contributed by atoms with Crippen LogP contribution in [0, 0.1) is 17.1 Å². The van der Waals surface area contributed by atoms with Gasteiger partial charge >= 0.3 is 0 Å². The molecule has 4 N–H and O–H groups in total. The van der Waals surface area contributed by atoms with Crippen molar-refractivity contribution < 1.29 is 13.9 Å². The molecule has 0 amide bonds. The van der Waals surface area contributed by atoms with Crippen molar-refractivity contribution >= 4 is 11.8 Å². The van der Waals surface area contributed by atoms with Crippen LogP contribution < -0.4 is 11.5 Å². The highest BCUT2D eigenvalue weighted by molar-refractivity contribution is 5.75. The highest BCUT2D eigenvalue weighted by Gasteiger charge is 2.19. The lowest BCUT2D eigenvalue weighted by atomic mass is 10.0. The number of nitrogens with two attached hydrogens (primary N) is 2. The number of nitriles is 1. The predicted octanol–water partition coefficient (Wildman–Crippen LogP) is 2.01. The summed E-state index contributed by atoms with van der Waals surface area (Å²) in [6.45, 7) is 1.32. The van der Waals surface area contributed by atoms with Crippen LogP contribution in [0.4, 0.5) is 16.2 Å². The third-order valence-corrected chi connectivity index (χ3v) is 3.97. The molecule has 0 bridgehead atoms. The number of halogens is 1. The van der Waals surface area contributed by atoms with Crippen LogP contribution in [0.15, 0.2) is 18.2 Å². The van der Waals surface area contributed by atoms with Crippen LogP contribution in [0.25, 0.3) is 11.3 Å². The van der Waals surface area contributed by atoms with E-state index in [0.29, 0.717) is 17.7 Å². The van der Waals surface area contributed by atoms with E-state index >= 15 is 0 Å². The first-order valence-corrected chi connectivity index (χ1v) is 7.89. The van der Waals surface area contributed by atoms with Crippen molar-refractivity contribution in [1.82, 2.24) is 9.97 Å². The molecular weight excluding hydrogens is 325 g/mol. The van der Waals surface area contributed by atoms with Crippen LogP contribution in [0.5, 0.6) is 0 Å². The third-order valence-electron chi connectivity index (χ3n) is 3.97. The van der Waals surface area contributed by atoms with Crippen molar-refractivity contribution in [2.45, 2.75) is 25.6 Å². The Morgan fingerprint density at radius 1 is 1.36 bits per heavy atom. The molecule has 2 aromatic rings. The second kappa shape index (κ2) is 7.42. The lowest BCUT2D eigenvalue weighted by Crippen LogP contribution is -2.14. The number of nitrogen functional groups attached to an aromatic ring is 2. The smallest absolute Gasteiger partial charge is 0.222 e. The maximum Gasteiger partial charge on any atom is 0.222 e. The average Bonchev–Trinajstić information content (AvgIpc) is 3.08. The van der Waals surface area contributed by atoms with Gasteiger partial charge in [-0.3, -0.25) is 0 Å². The summed E-state index contributed by atoms with van der Waals surface area (Å²) >= 11 is 0. The van der Waals surface area contributed by atoms with E-state index in [0.717, 1.165) is 19.4 Å². The molecule has 25 heavy (non-hydrogen) atoms. The Morgan fingerprint density at radius 2 is 2.20 bits per heavy atom. The van der Waals surface area contributed by atoms with Crippen LogP contribution >= 0.6 is 0 Å². The van der Waals surface area contributed by atoms with Gasteiger partial charge in [0.25, 0.3) is 0 Å². The zero-order chi connectivity index (χ0) is 17.8. The number of rotatable bonds is 5. The molecule has 1 aromatic heterocycles. The topological polar surface area (TPSA) is 120 Å². The molecule has 1 saturated heterocycles. The van der Waals surface area contributed by atoms with Crippen molar-refractivity contribution in [3.05, 3.63) is 35.1 Å². The van der Waals surface area contributed by atoms with Crippen LogP contribution in [0.2, 0.25) is 0 Å².